The summed E-state index contributed by atoms with van der Waals surface area (Å²) in [5.74, 6) is -0.428. The summed E-state index contributed by atoms with van der Waals surface area (Å²) in [6, 6.07) is 2.14. The molecule has 150 valence electrons. The van der Waals surface area contributed by atoms with Crippen LogP contribution in [0.3, 0.4) is 0 Å². The van der Waals surface area contributed by atoms with E-state index in [4.69, 9.17) is 5.73 Å². The van der Waals surface area contributed by atoms with Crippen molar-refractivity contribution in [3.05, 3.63) is 45.7 Å². The molecule has 0 spiro atoms. The first-order chi connectivity index (χ1) is 13.2. The fraction of sp³-hybridized carbons (Fsp3) is 0.333. The third-order valence-electron chi connectivity index (χ3n) is 3.91. The molecule has 3 rings (SSSR count). The second-order valence-electron chi connectivity index (χ2n) is 5.67. The first-order valence-electron chi connectivity index (χ1n) is 8.50. The van der Waals surface area contributed by atoms with Crippen LogP contribution < -0.4 is 11.1 Å². The van der Waals surface area contributed by atoms with Crippen LogP contribution in [-0.2, 0) is 12.7 Å². The quantitative estimate of drug-likeness (QED) is 0.672. The standard InChI is InChI=1S/C16H14F3N5OS.C2H6/c1-7-8(2)23-24-15-11(7)12(20)13(26-15)14(25)22-6-9-3-4-10(21-5-9)16(17,18)19;1-2/h3-5H,6,20H2,1-2H3,(H,22,25);1-2H3. The van der Waals surface area contributed by atoms with Crippen molar-refractivity contribution >= 4 is 33.1 Å². The van der Waals surface area contributed by atoms with Gasteiger partial charge in [0.25, 0.3) is 5.91 Å². The van der Waals surface area contributed by atoms with E-state index in [0.29, 0.717) is 26.3 Å². The number of halogens is 3. The zero-order valence-corrected chi connectivity index (χ0v) is 16.6. The molecule has 0 unspecified atom stereocenters. The Morgan fingerprint density at radius 3 is 2.46 bits per heavy atom. The highest BCUT2D eigenvalue weighted by Gasteiger charge is 2.32. The maximum Gasteiger partial charge on any atom is 0.433 e. The Balaban J connectivity index is 0.00000136. The molecule has 0 aliphatic carbocycles. The third kappa shape index (κ3) is 4.38. The van der Waals surface area contributed by atoms with Crippen molar-refractivity contribution in [2.45, 2.75) is 40.4 Å². The van der Waals surface area contributed by atoms with Crippen LogP contribution >= 0.6 is 11.3 Å². The maximum atomic E-state index is 12.5. The van der Waals surface area contributed by atoms with E-state index in [1.807, 2.05) is 20.8 Å². The summed E-state index contributed by atoms with van der Waals surface area (Å²) in [4.78, 5) is 16.6. The van der Waals surface area contributed by atoms with Gasteiger partial charge in [0.2, 0.25) is 0 Å². The van der Waals surface area contributed by atoms with E-state index < -0.39 is 17.8 Å². The number of aromatic nitrogens is 3. The van der Waals surface area contributed by atoms with E-state index in [-0.39, 0.29) is 6.54 Å². The molecule has 0 saturated heterocycles. The summed E-state index contributed by atoms with van der Waals surface area (Å²) in [6.07, 6.45) is -3.42. The molecule has 0 aliphatic rings. The number of hydrogen-bond acceptors (Lipinski definition) is 6. The van der Waals surface area contributed by atoms with E-state index >= 15 is 0 Å². The van der Waals surface area contributed by atoms with Gasteiger partial charge in [0, 0.05) is 18.1 Å². The Morgan fingerprint density at radius 1 is 1.21 bits per heavy atom. The third-order valence-corrected chi connectivity index (χ3v) is 5.00. The molecular weight excluding hydrogens is 391 g/mol. The van der Waals surface area contributed by atoms with Gasteiger partial charge in [-0.15, -0.1) is 16.4 Å². The van der Waals surface area contributed by atoms with Gasteiger partial charge in [-0.05, 0) is 31.0 Å². The lowest BCUT2D eigenvalue weighted by Gasteiger charge is -2.07. The predicted molar refractivity (Wildman–Crippen MR) is 103 cm³/mol. The minimum absolute atomic E-state index is 0.0291. The molecular formula is C18H20F3N5OS. The van der Waals surface area contributed by atoms with Crippen molar-refractivity contribution in [3.8, 4) is 0 Å². The molecule has 0 radical (unpaired) electrons. The normalized spacial score (nSPS) is 11.1. The smallest absolute Gasteiger partial charge is 0.397 e. The first-order valence-corrected chi connectivity index (χ1v) is 9.32. The van der Waals surface area contributed by atoms with Crippen molar-refractivity contribution in [2.24, 2.45) is 0 Å². The number of thiophene rings is 1. The number of nitrogen functional groups attached to an aromatic ring is 1. The lowest BCUT2D eigenvalue weighted by molar-refractivity contribution is -0.141. The van der Waals surface area contributed by atoms with Crippen molar-refractivity contribution < 1.29 is 18.0 Å². The average molecular weight is 411 g/mol. The number of anilines is 1. The molecule has 0 aromatic carbocycles. The Labute approximate surface area is 164 Å². The van der Waals surface area contributed by atoms with Gasteiger partial charge < -0.3 is 11.1 Å². The zero-order chi connectivity index (χ0) is 21.1. The first kappa shape index (κ1) is 21.5. The largest absolute Gasteiger partial charge is 0.433 e. The van der Waals surface area contributed by atoms with Gasteiger partial charge in [0.1, 0.15) is 15.4 Å². The highest BCUT2D eigenvalue weighted by atomic mass is 32.1. The number of aryl methyl sites for hydroxylation is 2. The minimum atomic E-state index is -4.50. The number of carbonyl (C=O) groups is 1. The van der Waals surface area contributed by atoms with E-state index in [2.05, 4.69) is 20.5 Å². The van der Waals surface area contributed by atoms with Crippen LogP contribution in [0.4, 0.5) is 18.9 Å². The summed E-state index contributed by atoms with van der Waals surface area (Å²) >= 11 is 1.12. The van der Waals surface area contributed by atoms with Crippen LogP contribution in [0, 0.1) is 13.8 Å². The van der Waals surface area contributed by atoms with E-state index in [1.165, 1.54) is 6.07 Å². The maximum absolute atomic E-state index is 12.5. The molecule has 0 fully saturated rings. The minimum Gasteiger partial charge on any atom is -0.397 e. The van der Waals surface area contributed by atoms with E-state index in [1.54, 1.807) is 6.92 Å². The van der Waals surface area contributed by atoms with Crippen LogP contribution in [0.5, 0.6) is 0 Å². The Morgan fingerprint density at radius 2 is 1.89 bits per heavy atom. The second kappa shape index (κ2) is 8.51. The molecule has 0 bridgehead atoms. The summed E-state index contributed by atoms with van der Waals surface area (Å²) < 4.78 is 37.5. The lowest BCUT2D eigenvalue weighted by Crippen LogP contribution is -2.23. The molecule has 28 heavy (non-hydrogen) atoms. The SMILES string of the molecule is CC.Cc1nnc2sc(C(=O)NCc3ccc(C(F)(F)F)nc3)c(N)c2c1C. The summed E-state index contributed by atoms with van der Waals surface area (Å²) in [6.45, 7) is 7.68. The molecule has 3 N–H and O–H groups in total. The van der Waals surface area contributed by atoms with Gasteiger partial charge in [-0.2, -0.15) is 18.3 Å². The van der Waals surface area contributed by atoms with Gasteiger partial charge in [0.15, 0.2) is 0 Å². The highest BCUT2D eigenvalue weighted by Crippen LogP contribution is 2.34. The summed E-state index contributed by atoms with van der Waals surface area (Å²) in [5, 5.41) is 11.4. The average Bonchev–Trinajstić information content (AvgIpc) is 3.01. The topological polar surface area (TPSA) is 93.8 Å². The number of alkyl halides is 3. The van der Waals surface area contributed by atoms with Crippen LogP contribution in [0.1, 0.15) is 46.0 Å². The number of carbonyl (C=O) groups excluding carboxylic acids is 1. The molecule has 0 atom stereocenters. The second-order valence-corrected chi connectivity index (χ2v) is 6.67. The number of nitrogens with one attached hydrogen (secondary N) is 1. The summed E-state index contributed by atoms with van der Waals surface area (Å²) in [5.41, 5.74) is 7.46. The van der Waals surface area contributed by atoms with Gasteiger partial charge in [-0.25, -0.2) is 0 Å². The molecule has 1 amide bonds. The number of pyridine rings is 1. The number of amides is 1. The lowest BCUT2D eigenvalue weighted by atomic mass is 10.1. The molecule has 3 aromatic heterocycles. The van der Waals surface area contributed by atoms with Gasteiger partial charge in [0.05, 0.1) is 11.4 Å². The Kier molecular flexibility index (Phi) is 6.55. The monoisotopic (exact) mass is 411 g/mol. The molecule has 3 heterocycles. The summed E-state index contributed by atoms with van der Waals surface area (Å²) in [7, 11) is 0. The molecule has 10 heteroatoms. The molecule has 3 aromatic rings. The van der Waals surface area contributed by atoms with Crippen molar-refractivity contribution in [1.82, 2.24) is 20.5 Å². The molecule has 6 nitrogen and oxygen atoms in total. The van der Waals surface area contributed by atoms with E-state index in [9.17, 15) is 18.0 Å². The number of hydrogen-bond donors (Lipinski definition) is 2. The van der Waals surface area contributed by atoms with Crippen molar-refractivity contribution in [1.29, 1.82) is 0 Å². The number of rotatable bonds is 3. The van der Waals surface area contributed by atoms with Crippen molar-refractivity contribution in [3.63, 3.8) is 0 Å². The number of nitrogens with zero attached hydrogens (tertiary/aromatic N) is 3. The zero-order valence-electron chi connectivity index (χ0n) is 15.8. The molecule has 0 saturated carbocycles. The highest BCUT2D eigenvalue weighted by molar-refractivity contribution is 7.21. The Bertz CT molecular complexity index is 984. The fourth-order valence-corrected chi connectivity index (χ4v) is 3.39. The van der Waals surface area contributed by atoms with Crippen LogP contribution in [0.25, 0.3) is 10.2 Å². The predicted octanol–water partition coefficient (Wildman–Crippen LogP) is 4.26. The Hall–Kier alpha value is -2.75. The van der Waals surface area contributed by atoms with Gasteiger partial charge in [-0.1, -0.05) is 19.9 Å². The van der Waals surface area contributed by atoms with Gasteiger partial charge in [-0.3, -0.25) is 9.78 Å². The van der Waals surface area contributed by atoms with Crippen LogP contribution in [-0.4, -0.2) is 21.1 Å². The fourth-order valence-electron chi connectivity index (χ4n) is 2.37. The van der Waals surface area contributed by atoms with E-state index in [0.717, 1.165) is 34.9 Å². The van der Waals surface area contributed by atoms with Crippen LogP contribution in [0.15, 0.2) is 18.3 Å². The number of nitrogens with two attached hydrogens (primary N) is 1. The molecule has 0 aliphatic heterocycles. The van der Waals surface area contributed by atoms with Gasteiger partial charge >= 0.3 is 6.18 Å². The van der Waals surface area contributed by atoms with Crippen LogP contribution in [0.2, 0.25) is 0 Å². The number of fused-ring (bicyclic) bond motifs is 1. The van der Waals surface area contributed by atoms with Crippen molar-refractivity contribution in [2.75, 3.05) is 5.73 Å².